The van der Waals surface area contributed by atoms with E-state index in [0.717, 1.165) is 0 Å². The smallest absolute Gasteiger partial charge is 0.271 e. The van der Waals surface area contributed by atoms with Gasteiger partial charge in [0, 0.05) is 36.2 Å². The highest BCUT2D eigenvalue weighted by Gasteiger charge is 2.11. The van der Waals surface area contributed by atoms with Gasteiger partial charge in [0.05, 0.1) is 4.92 Å². The van der Waals surface area contributed by atoms with E-state index >= 15 is 0 Å². The van der Waals surface area contributed by atoms with Gasteiger partial charge < -0.3 is 5.32 Å². The molecule has 1 N–H and O–H groups in total. The van der Waals surface area contributed by atoms with Crippen LogP contribution in [-0.2, 0) is 4.79 Å². The molecule has 0 aliphatic heterocycles. The number of nitro groups is 1. The molecule has 0 unspecified atom stereocenters. The van der Waals surface area contributed by atoms with Gasteiger partial charge in [-0.05, 0) is 6.07 Å². The molecule has 6 nitrogen and oxygen atoms in total. The number of rotatable bonds is 6. The first-order chi connectivity index (χ1) is 10.6. The highest BCUT2D eigenvalue weighted by molar-refractivity contribution is 6.00. The number of ketones is 1. The molecule has 2 aromatic carbocycles. The molecule has 2 aromatic rings. The minimum absolute atomic E-state index is 0.0242. The molecule has 22 heavy (non-hydrogen) atoms. The van der Waals surface area contributed by atoms with Crippen molar-refractivity contribution < 1.29 is 14.5 Å². The van der Waals surface area contributed by atoms with Crippen molar-refractivity contribution in [3.8, 4) is 0 Å². The van der Waals surface area contributed by atoms with Crippen LogP contribution in [0.1, 0.15) is 23.2 Å². The van der Waals surface area contributed by atoms with Gasteiger partial charge in [0.15, 0.2) is 5.78 Å². The SMILES string of the molecule is O=C(CCC(=O)c1ccccc1)Nc1cccc([N+](=O)[O-])c1. The van der Waals surface area contributed by atoms with Crippen LogP contribution in [0.5, 0.6) is 0 Å². The zero-order valence-electron chi connectivity index (χ0n) is 11.7. The van der Waals surface area contributed by atoms with Crippen LogP contribution in [0.4, 0.5) is 11.4 Å². The molecule has 112 valence electrons. The molecule has 0 aliphatic carbocycles. The topological polar surface area (TPSA) is 89.3 Å². The zero-order chi connectivity index (χ0) is 15.9. The monoisotopic (exact) mass is 298 g/mol. The average Bonchev–Trinajstić information content (AvgIpc) is 2.53. The second-order valence-corrected chi connectivity index (χ2v) is 4.64. The van der Waals surface area contributed by atoms with Crippen molar-refractivity contribution in [3.05, 3.63) is 70.3 Å². The van der Waals surface area contributed by atoms with Crippen LogP contribution in [0, 0.1) is 10.1 Å². The van der Waals surface area contributed by atoms with E-state index < -0.39 is 4.92 Å². The highest BCUT2D eigenvalue weighted by Crippen LogP contribution is 2.17. The van der Waals surface area contributed by atoms with Gasteiger partial charge in [-0.25, -0.2) is 0 Å². The average molecular weight is 298 g/mol. The summed E-state index contributed by atoms with van der Waals surface area (Å²) in [5, 5.41) is 13.2. The van der Waals surface area contributed by atoms with Gasteiger partial charge in [-0.15, -0.1) is 0 Å². The number of amides is 1. The number of non-ortho nitro benzene ring substituents is 1. The minimum atomic E-state index is -0.533. The molecule has 1 amide bonds. The predicted octanol–water partition coefficient (Wildman–Crippen LogP) is 3.20. The number of nitrogens with zero attached hydrogens (tertiary/aromatic N) is 1. The predicted molar refractivity (Wildman–Crippen MR) is 81.7 cm³/mol. The van der Waals surface area contributed by atoms with Crippen LogP contribution >= 0.6 is 0 Å². The maximum Gasteiger partial charge on any atom is 0.271 e. The molecular formula is C16H14N2O4. The Bertz CT molecular complexity index is 698. The first-order valence-corrected chi connectivity index (χ1v) is 6.69. The van der Waals surface area contributed by atoms with Crippen LogP contribution in [0.25, 0.3) is 0 Å². The highest BCUT2D eigenvalue weighted by atomic mass is 16.6. The number of hydrogen-bond acceptors (Lipinski definition) is 4. The summed E-state index contributed by atoms with van der Waals surface area (Å²) in [4.78, 5) is 33.8. The summed E-state index contributed by atoms with van der Waals surface area (Å²) >= 11 is 0. The van der Waals surface area contributed by atoms with Gasteiger partial charge in [-0.1, -0.05) is 36.4 Å². The van der Waals surface area contributed by atoms with Gasteiger partial charge in [0.25, 0.3) is 5.69 Å². The van der Waals surface area contributed by atoms with Crippen LogP contribution < -0.4 is 5.32 Å². The van der Waals surface area contributed by atoms with Crippen molar-refractivity contribution >= 4 is 23.1 Å². The lowest BCUT2D eigenvalue weighted by Crippen LogP contribution is -2.13. The molecule has 0 radical (unpaired) electrons. The standard InChI is InChI=1S/C16H14N2O4/c19-15(12-5-2-1-3-6-12)9-10-16(20)17-13-7-4-8-14(11-13)18(21)22/h1-8,11H,9-10H2,(H,17,20). The van der Waals surface area contributed by atoms with E-state index in [4.69, 9.17) is 0 Å². The summed E-state index contributed by atoms with van der Waals surface area (Å²) in [6, 6.07) is 14.4. The van der Waals surface area contributed by atoms with Crippen LogP contribution in [0.3, 0.4) is 0 Å². The lowest BCUT2D eigenvalue weighted by Gasteiger charge is -2.05. The van der Waals surface area contributed by atoms with Crippen LogP contribution in [0.15, 0.2) is 54.6 Å². The molecule has 6 heteroatoms. The molecule has 0 saturated carbocycles. The van der Waals surface area contributed by atoms with Gasteiger partial charge in [-0.3, -0.25) is 19.7 Å². The lowest BCUT2D eigenvalue weighted by atomic mass is 10.1. The van der Waals surface area contributed by atoms with E-state index in [2.05, 4.69) is 5.32 Å². The fourth-order valence-electron chi connectivity index (χ4n) is 1.92. The fraction of sp³-hybridized carbons (Fsp3) is 0.125. The van der Waals surface area contributed by atoms with Crippen molar-refractivity contribution in [3.63, 3.8) is 0 Å². The Morgan fingerprint density at radius 3 is 2.41 bits per heavy atom. The maximum atomic E-state index is 11.9. The van der Waals surface area contributed by atoms with E-state index in [9.17, 15) is 19.7 Å². The first kappa shape index (κ1) is 15.4. The molecule has 0 fully saturated rings. The number of benzene rings is 2. The van der Waals surface area contributed by atoms with Crippen LogP contribution in [-0.4, -0.2) is 16.6 Å². The number of Topliss-reactive ketones (excluding diaryl/α,β-unsaturated/α-hetero) is 1. The maximum absolute atomic E-state index is 11.9. The Labute approximate surface area is 126 Å². The summed E-state index contributed by atoms with van der Waals surface area (Å²) in [5.74, 6) is -0.473. The summed E-state index contributed by atoms with van der Waals surface area (Å²) in [6.07, 6.45) is 0.112. The van der Waals surface area contributed by atoms with Crippen molar-refractivity contribution in [1.29, 1.82) is 0 Å². The molecule has 0 bridgehead atoms. The Morgan fingerprint density at radius 2 is 1.73 bits per heavy atom. The first-order valence-electron chi connectivity index (χ1n) is 6.69. The third-order valence-corrected chi connectivity index (χ3v) is 3.02. The minimum Gasteiger partial charge on any atom is -0.326 e. The summed E-state index contributed by atoms with van der Waals surface area (Å²) in [7, 11) is 0. The van der Waals surface area contributed by atoms with E-state index in [1.165, 1.54) is 18.2 Å². The number of hydrogen-bond donors (Lipinski definition) is 1. The van der Waals surface area contributed by atoms with Crippen molar-refractivity contribution in [1.82, 2.24) is 0 Å². The quantitative estimate of drug-likeness (QED) is 0.504. The van der Waals surface area contributed by atoms with Gasteiger partial charge in [0.1, 0.15) is 0 Å². The Morgan fingerprint density at radius 1 is 1.00 bits per heavy atom. The number of nitrogens with one attached hydrogen (secondary N) is 1. The molecule has 0 heterocycles. The molecule has 0 aliphatic rings. The zero-order valence-corrected chi connectivity index (χ0v) is 11.7. The Balaban J connectivity index is 1.89. The van der Waals surface area contributed by atoms with E-state index in [0.29, 0.717) is 11.3 Å². The van der Waals surface area contributed by atoms with E-state index in [1.54, 1.807) is 30.3 Å². The lowest BCUT2D eigenvalue weighted by molar-refractivity contribution is -0.384. The number of anilines is 1. The molecule has 0 spiro atoms. The second kappa shape index (κ2) is 7.12. The fourth-order valence-corrected chi connectivity index (χ4v) is 1.92. The Kier molecular flexibility index (Phi) is 4.98. The summed E-state index contributed by atoms with van der Waals surface area (Å²) in [6.45, 7) is 0. The van der Waals surface area contributed by atoms with Crippen LogP contribution in [0.2, 0.25) is 0 Å². The Hall–Kier alpha value is -3.02. The van der Waals surface area contributed by atoms with Gasteiger partial charge >= 0.3 is 0 Å². The second-order valence-electron chi connectivity index (χ2n) is 4.64. The van der Waals surface area contributed by atoms with E-state index in [1.807, 2.05) is 6.07 Å². The number of carbonyl (C=O) groups excluding carboxylic acids is 2. The van der Waals surface area contributed by atoms with Gasteiger partial charge in [-0.2, -0.15) is 0 Å². The van der Waals surface area contributed by atoms with Crippen molar-refractivity contribution in [2.45, 2.75) is 12.8 Å². The third kappa shape index (κ3) is 4.24. The third-order valence-electron chi connectivity index (χ3n) is 3.02. The van der Waals surface area contributed by atoms with Gasteiger partial charge in [0.2, 0.25) is 5.91 Å². The molecule has 0 aromatic heterocycles. The summed E-state index contributed by atoms with van der Waals surface area (Å²) in [5.41, 5.74) is 0.801. The molecule has 0 saturated heterocycles. The molecular weight excluding hydrogens is 284 g/mol. The largest absolute Gasteiger partial charge is 0.326 e. The normalized spacial score (nSPS) is 10.0. The van der Waals surface area contributed by atoms with E-state index in [-0.39, 0.29) is 30.2 Å². The van der Waals surface area contributed by atoms with Crippen molar-refractivity contribution in [2.75, 3.05) is 5.32 Å². The van der Waals surface area contributed by atoms with Crippen molar-refractivity contribution in [2.24, 2.45) is 0 Å². The number of nitro benzene ring substituents is 1. The number of carbonyl (C=O) groups is 2. The summed E-state index contributed by atoms with van der Waals surface area (Å²) < 4.78 is 0. The molecule has 2 rings (SSSR count). The molecule has 0 atom stereocenters.